The smallest absolute Gasteiger partial charge is 0.384 e. The minimum Gasteiger partial charge on any atom is -0.456 e. The van der Waals surface area contributed by atoms with E-state index in [2.05, 4.69) is 11.8 Å². The summed E-state index contributed by atoms with van der Waals surface area (Å²) in [6.07, 6.45) is 0. The summed E-state index contributed by atoms with van der Waals surface area (Å²) in [4.78, 5) is 11.2. The fourth-order valence-electron chi connectivity index (χ4n) is 1.73. The van der Waals surface area contributed by atoms with Crippen molar-refractivity contribution in [2.75, 3.05) is 12.3 Å². The van der Waals surface area contributed by atoms with Crippen LogP contribution in [0.3, 0.4) is 0 Å². The zero-order valence-electron chi connectivity index (χ0n) is 10.1. The third kappa shape index (κ3) is 2.44. The summed E-state index contributed by atoms with van der Waals surface area (Å²) in [5.41, 5.74) is 7.36. The minimum atomic E-state index is -0.515. The Morgan fingerprint density at radius 2 is 1.94 bits per heavy atom. The van der Waals surface area contributed by atoms with Gasteiger partial charge in [0.05, 0.1) is 6.61 Å². The molecule has 0 saturated heterocycles. The second-order valence-corrected chi connectivity index (χ2v) is 3.72. The minimum absolute atomic E-state index is 0.329. The number of hydrogen-bond acceptors (Lipinski definition) is 3. The predicted molar refractivity (Wildman–Crippen MR) is 71.9 cm³/mol. The summed E-state index contributed by atoms with van der Waals surface area (Å²) in [6, 6.07) is 11.3. The topological polar surface area (TPSA) is 52.3 Å². The van der Waals surface area contributed by atoms with Gasteiger partial charge in [-0.15, -0.1) is 0 Å². The summed E-state index contributed by atoms with van der Waals surface area (Å²) in [5, 5.41) is 1.88. The Balaban J connectivity index is 2.46. The number of ether oxygens (including phenoxy) is 1. The number of fused-ring (bicyclic) bond motifs is 1. The van der Waals surface area contributed by atoms with Crippen molar-refractivity contribution >= 4 is 22.4 Å². The van der Waals surface area contributed by atoms with Gasteiger partial charge in [0.1, 0.15) is 0 Å². The lowest BCUT2D eigenvalue weighted by Gasteiger charge is -2.03. The molecule has 2 aromatic carbocycles. The van der Waals surface area contributed by atoms with E-state index in [1.807, 2.05) is 36.4 Å². The highest BCUT2D eigenvalue weighted by atomic mass is 16.5. The van der Waals surface area contributed by atoms with Gasteiger partial charge in [0.15, 0.2) is 0 Å². The Hall–Kier alpha value is -2.47. The zero-order valence-corrected chi connectivity index (χ0v) is 10.1. The maximum atomic E-state index is 11.2. The quantitative estimate of drug-likeness (QED) is 0.472. The van der Waals surface area contributed by atoms with E-state index >= 15 is 0 Å². The van der Waals surface area contributed by atoms with Crippen molar-refractivity contribution in [1.82, 2.24) is 0 Å². The van der Waals surface area contributed by atoms with Crippen molar-refractivity contribution < 1.29 is 9.53 Å². The fourth-order valence-corrected chi connectivity index (χ4v) is 1.73. The second kappa shape index (κ2) is 5.24. The van der Waals surface area contributed by atoms with E-state index in [9.17, 15) is 4.79 Å². The van der Waals surface area contributed by atoms with Gasteiger partial charge in [0, 0.05) is 22.6 Å². The number of carbonyl (C=O) groups is 1. The normalized spacial score (nSPS) is 9.61. The molecule has 18 heavy (non-hydrogen) atoms. The number of nitrogens with two attached hydrogens (primary N) is 1. The molecule has 0 heterocycles. The van der Waals surface area contributed by atoms with Crippen LogP contribution in [0.5, 0.6) is 0 Å². The van der Waals surface area contributed by atoms with E-state index in [0.29, 0.717) is 12.3 Å². The van der Waals surface area contributed by atoms with Gasteiger partial charge in [-0.05, 0) is 24.4 Å². The molecule has 0 fully saturated rings. The lowest BCUT2D eigenvalue weighted by Crippen LogP contribution is -1.99. The van der Waals surface area contributed by atoms with Crippen molar-refractivity contribution in [3.63, 3.8) is 0 Å². The number of rotatable bonds is 1. The Morgan fingerprint density at radius 1 is 1.22 bits per heavy atom. The van der Waals surface area contributed by atoms with E-state index in [-0.39, 0.29) is 0 Å². The van der Waals surface area contributed by atoms with Crippen LogP contribution in [0.15, 0.2) is 36.4 Å². The van der Waals surface area contributed by atoms with E-state index in [1.54, 1.807) is 6.92 Å². The number of hydrogen-bond donors (Lipinski definition) is 1. The highest BCUT2D eigenvalue weighted by Gasteiger charge is 2.01. The van der Waals surface area contributed by atoms with Crippen LogP contribution in [0.25, 0.3) is 10.8 Å². The molecular formula is C15H13NO2. The first-order valence-electron chi connectivity index (χ1n) is 5.68. The number of anilines is 1. The number of benzene rings is 2. The molecule has 3 heteroatoms. The standard InChI is InChI=1S/C15H13NO2/c1-2-18-15(17)10-9-11-5-3-7-13-12(11)6-4-8-14(13)16/h3-8H,2,16H2,1H3. The molecule has 0 aliphatic rings. The van der Waals surface area contributed by atoms with Gasteiger partial charge in [-0.25, -0.2) is 4.79 Å². The maximum Gasteiger partial charge on any atom is 0.384 e. The molecule has 0 saturated carbocycles. The van der Waals surface area contributed by atoms with Gasteiger partial charge in [-0.1, -0.05) is 30.2 Å². The highest BCUT2D eigenvalue weighted by molar-refractivity contribution is 5.97. The molecule has 2 aromatic rings. The summed E-state index contributed by atoms with van der Waals surface area (Å²) < 4.78 is 4.76. The largest absolute Gasteiger partial charge is 0.456 e. The van der Waals surface area contributed by atoms with Gasteiger partial charge < -0.3 is 10.5 Å². The van der Waals surface area contributed by atoms with E-state index < -0.39 is 5.97 Å². The van der Waals surface area contributed by atoms with Crippen LogP contribution in [0.4, 0.5) is 5.69 Å². The lowest BCUT2D eigenvalue weighted by atomic mass is 10.0. The number of esters is 1. The first-order valence-corrected chi connectivity index (χ1v) is 5.68. The van der Waals surface area contributed by atoms with Gasteiger partial charge in [0.2, 0.25) is 0 Å². The molecule has 0 spiro atoms. The van der Waals surface area contributed by atoms with E-state index in [0.717, 1.165) is 16.3 Å². The van der Waals surface area contributed by atoms with Crippen molar-refractivity contribution in [3.05, 3.63) is 42.0 Å². The predicted octanol–water partition coefficient (Wildman–Crippen LogP) is 2.34. The van der Waals surface area contributed by atoms with Gasteiger partial charge in [0.25, 0.3) is 0 Å². The third-order valence-corrected chi connectivity index (χ3v) is 2.53. The molecule has 3 nitrogen and oxygen atoms in total. The maximum absolute atomic E-state index is 11.2. The molecule has 0 atom stereocenters. The summed E-state index contributed by atoms with van der Waals surface area (Å²) in [7, 11) is 0. The Morgan fingerprint density at radius 3 is 2.72 bits per heavy atom. The number of nitrogen functional groups attached to an aromatic ring is 1. The van der Waals surface area contributed by atoms with Gasteiger partial charge in [-0.3, -0.25) is 0 Å². The number of carbonyl (C=O) groups excluding carboxylic acids is 1. The summed E-state index contributed by atoms with van der Waals surface area (Å²) in [6.45, 7) is 2.08. The SMILES string of the molecule is CCOC(=O)C#Cc1cccc2c(N)cccc12. The first kappa shape index (κ1) is 12.0. The van der Waals surface area contributed by atoms with Crippen molar-refractivity contribution in [3.8, 4) is 11.8 Å². The van der Waals surface area contributed by atoms with Crippen LogP contribution >= 0.6 is 0 Å². The zero-order chi connectivity index (χ0) is 13.0. The molecule has 0 amide bonds. The van der Waals surface area contributed by atoms with Crippen LogP contribution in [-0.4, -0.2) is 12.6 Å². The molecule has 0 aromatic heterocycles. The molecule has 90 valence electrons. The van der Waals surface area contributed by atoms with Crippen molar-refractivity contribution in [2.24, 2.45) is 0 Å². The fraction of sp³-hybridized carbons (Fsp3) is 0.133. The average molecular weight is 239 g/mol. The van der Waals surface area contributed by atoms with Crippen LogP contribution in [0.1, 0.15) is 12.5 Å². The molecular weight excluding hydrogens is 226 g/mol. The first-order chi connectivity index (χ1) is 8.72. The van der Waals surface area contributed by atoms with E-state index in [4.69, 9.17) is 10.5 Å². The second-order valence-electron chi connectivity index (χ2n) is 3.72. The molecule has 0 unspecified atom stereocenters. The van der Waals surface area contributed by atoms with Crippen LogP contribution in [-0.2, 0) is 9.53 Å². The van der Waals surface area contributed by atoms with E-state index in [1.165, 1.54) is 0 Å². The molecule has 0 radical (unpaired) electrons. The van der Waals surface area contributed by atoms with Crippen molar-refractivity contribution in [1.29, 1.82) is 0 Å². The lowest BCUT2D eigenvalue weighted by molar-refractivity contribution is -0.136. The Kier molecular flexibility index (Phi) is 3.49. The molecule has 0 aliphatic carbocycles. The molecule has 0 bridgehead atoms. The summed E-state index contributed by atoms with van der Waals surface area (Å²) in [5.74, 6) is 4.76. The molecule has 2 N–H and O–H groups in total. The van der Waals surface area contributed by atoms with Crippen molar-refractivity contribution in [2.45, 2.75) is 6.92 Å². The molecule has 2 rings (SSSR count). The van der Waals surface area contributed by atoms with Crippen LogP contribution < -0.4 is 5.73 Å². The molecule has 0 aliphatic heterocycles. The van der Waals surface area contributed by atoms with Gasteiger partial charge >= 0.3 is 5.97 Å². The van der Waals surface area contributed by atoms with Crippen LogP contribution in [0.2, 0.25) is 0 Å². The average Bonchev–Trinajstić information content (AvgIpc) is 2.37. The van der Waals surface area contributed by atoms with Gasteiger partial charge in [-0.2, -0.15) is 0 Å². The summed E-state index contributed by atoms with van der Waals surface area (Å²) >= 11 is 0. The monoisotopic (exact) mass is 239 g/mol. The highest BCUT2D eigenvalue weighted by Crippen LogP contribution is 2.23. The Labute approximate surface area is 106 Å². The van der Waals surface area contributed by atoms with Crippen LogP contribution in [0, 0.1) is 11.8 Å². The third-order valence-electron chi connectivity index (χ3n) is 2.53. The Bertz CT molecular complexity index is 650.